The Morgan fingerprint density at radius 3 is 2.36 bits per heavy atom. The van der Waals surface area contributed by atoms with E-state index >= 15 is 0 Å². The van der Waals surface area contributed by atoms with Crippen LogP contribution in [0.4, 0.5) is 4.79 Å². The number of nitrogens with two attached hydrogens (primary N) is 1. The van der Waals surface area contributed by atoms with Crippen LogP contribution in [0.25, 0.3) is 0 Å². The van der Waals surface area contributed by atoms with Crippen LogP contribution in [-0.2, 0) is 17.9 Å². The fourth-order valence-corrected chi connectivity index (χ4v) is 2.59. The molecule has 22 heavy (non-hydrogen) atoms. The number of amides is 3. The number of nitrogens with zero attached hydrogens (tertiary/aromatic N) is 1. The molecule has 0 radical (unpaired) electrons. The van der Waals surface area contributed by atoms with Crippen molar-refractivity contribution in [3.05, 3.63) is 35.4 Å². The molecule has 1 aromatic carbocycles. The molecule has 6 heteroatoms. The van der Waals surface area contributed by atoms with Crippen LogP contribution in [0.2, 0.25) is 0 Å². The molecule has 1 aliphatic carbocycles. The smallest absolute Gasteiger partial charge is 0.332 e. The Hall–Kier alpha value is -2.08. The molecule has 0 atom stereocenters. The molecule has 0 spiro atoms. The minimum absolute atomic E-state index is 0.0548. The predicted octanol–water partition coefficient (Wildman–Crippen LogP) is 1.65. The molecule has 3 amide bonds. The molecule has 6 nitrogen and oxygen atoms in total. The van der Waals surface area contributed by atoms with Gasteiger partial charge in [0.1, 0.15) is 0 Å². The Morgan fingerprint density at radius 2 is 1.77 bits per heavy atom. The average molecular weight is 304 g/mol. The van der Waals surface area contributed by atoms with Crippen molar-refractivity contribution in [2.75, 3.05) is 0 Å². The zero-order valence-corrected chi connectivity index (χ0v) is 13.0. The van der Waals surface area contributed by atoms with Gasteiger partial charge in [-0.3, -0.25) is 9.80 Å². The van der Waals surface area contributed by atoms with Crippen molar-refractivity contribution in [2.24, 2.45) is 5.84 Å². The number of benzene rings is 1. The second-order valence-electron chi connectivity index (χ2n) is 5.79. The van der Waals surface area contributed by atoms with E-state index in [1.807, 2.05) is 24.3 Å². The van der Waals surface area contributed by atoms with Gasteiger partial charge in [0.15, 0.2) is 0 Å². The van der Waals surface area contributed by atoms with Gasteiger partial charge in [0.2, 0.25) is 5.91 Å². The highest BCUT2D eigenvalue weighted by molar-refractivity contribution is 5.74. The third-order valence-electron chi connectivity index (χ3n) is 3.86. The van der Waals surface area contributed by atoms with Crippen molar-refractivity contribution in [3.63, 3.8) is 0 Å². The van der Waals surface area contributed by atoms with Crippen molar-refractivity contribution < 1.29 is 9.59 Å². The van der Waals surface area contributed by atoms with Crippen LogP contribution in [0.15, 0.2) is 24.3 Å². The molecule has 120 valence electrons. The van der Waals surface area contributed by atoms with E-state index in [0.717, 1.165) is 24.0 Å². The second kappa shape index (κ2) is 7.79. The molecule has 2 rings (SSSR count). The molecule has 0 aromatic heterocycles. The van der Waals surface area contributed by atoms with E-state index in [2.05, 4.69) is 10.6 Å². The molecule has 1 aromatic rings. The number of hydrazine groups is 1. The molecule has 0 unspecified atom stereocenters. The zero-order valence-electron chi connectivity index (χ0n) is 13.0. The maximum atomic E-state index is 12.0. The number of hydrogen-bond donors (Lipinski definition) is 3. The van der Waals surface area contributed by atoms with Crippen LogP contribution in [0, 0.1) is 0 Å². The van der Waals surface area contributed by atoms with E-state index in [9.17, 15) is 9.59 Å². The highest BCUT2D eigenvalue weighted by atomic mass is 16.2. The summed E-state index contributed by atoms with van der Waals surface area (Å²) in [6, 6.07) is 7.72. The van der Waals surface area contributed by atoms with Crippen molar-refractivity contribution in [1.29, 1.82) is 0 Å². The summed E-state index contributed by atoms with van der Waals surface area (Å²) < 4.78 is 0. The van der Waals surface area contributed by atoms with Gasteiger partial charge in [0, 0.05) is 19.5 Å². The van der Waals surface area contributed by atoms with Gasteiger partial charge in [-0.2, -0.15) is 0 Å². The lowest BCUT2D eigenvalue weighted by Gasteiger charge is -2.20. The third kappa shape index (κ3) is 5.04. The van der Waals surface area contributed by atoms with E-state index in [1.165, 1.54) is 24.8 Å². The Balaban J connectivity index is 1.81. The standard InChI is InChI=1S/C16H24N4O2/c1-12(21)18-10-13-6-8-14(9-7-13)11-20(17)16(22)19-15-4-2-3-5-15/h6-9,15H,2-5,10-11,17H2,1H3,(H,18,21)(H,19,22). The van der Waals surface area contributed by atoms with Crippen molar-refractivity contribution in [3.8, 4) is 0 Å². The molecular weight excluding hydrogens is 280 g/mol. The fraction of sp³-hybridized carbons (Fsp3) is 0.500. The summed E-state index contributed by atoms with van der Waals surface area (Å²) in [6.45, 7) is 2.35. The van der Waals surface area contributed by atoms with E-state index in [0.29, 0.717) is 13.1 Å². The van der Waals surface area contributed by atoms with Gasteiger partial charge < -0.3 is 10.6 Å². The maximum absolute atomic E-state index is 12.0. The summed E-state index contributed by atoms with van der Waals surface area (Å²) in [6.07, 6.45) is 4.42. The van der Waals surface area contributed by atoms with Crippen LogP contribution >= 0.6 is 0 Å². The first-order valence-electron chi connectivity index (χ1n) is 7.69. The number of urea groups is 1. The van der Waals surface area contributed by atoms with Crippen LogP contribution in [0.1, 0.15) is 43.7 Å². The number of carbonyl (C=O) groups excluding carboxylic acids is 2. The van der Waals surface area contributed by atoms with Gasteiger partial charge in [0.25, 0.3) is 0 Å². The topological polar surface area (TPSA) is 87.5 Å². The molecule has 1 aliphatic rings. The van der Waals surface area contributed by atoms with Crippen molar-refractivity contribution >= 4 is 11.9 Å². The first kappa shape index (κ1) is 16.3. The van der Waals surface area contributed by atoms with Crippen molar-refractivity contribution in [2.45, 2.75) is 51.7 Å². The van der Waals surface area contributed by atoms with Crippen LogP contribution in [0.5, 0.6) is 0 Å². The monoisotopic (exact) mass is 304 g/mol. The summed E-state index contributed by atoms with van der Waals surface area (Å²) >= 11 is 0. The molecule has 0 saturated heterocycles. The highest BCUT2D eigenvalue weighted by Gasteiger charge is 2.19. The predicted molar refractivity (Wildman–Crippen MR) is 84.5 cm³/mol. The quantitative estimate of drug-likeness (QED) is 0.439. The zero-order chi connectivity index (χ0) is 15.9. The molecule has 1 fully saturated rings. The van der Waals surface area contributed by atoms with Gasteiger partial charge >= 0.3 is 6.03 Å². The number of nitrogens with one attached hydrogen (secondary N) is 2. The lowest BCUT2D eigenvalue weighted by atomic mass is 10.1. The minimum Gasteiger partial charge on any atom is -0.352 e. The summed E-state index contributed by atoms with van der Waals surface area (Å²) in [5.41, 5.74) is 1.97. The van der Waals surface area contributed by atoms with E-state index < -0.39 is 0 Å². The molecular formula is C16H24N4O2. The fourth-order valence-electron chi connectivity index (χ4n) is 2.59. The Bertz CT molecular complexity index is 509. The van der Waals surface area contributed by atoms with Crippen LogP contribution in [0.3, 0.4) is 0 Å². The minimum atomic E-state index is -0.228. The van der Waals surface area contributed by atoms with E-state index in [-0.39, 0.29) is 18.0 Å². The van der Waals surface area contributed by atoms with Gasteiger partial charge in [-0.1, -0.05) is 37.1 Å². The highest BCUT2D eigenvalue weighted by Crippen LogP contribution is 2.17. The van der Waals surface area contributed by atoms with Crippen molar-refractivity contribution in [1.82, 2.24) is 15.6 Å². The lowest BCUT2D eigenvalue weighted by molar-refractivity contribution is -0.119. The van der Waals surface area contributed by atoms with Gasteiger partial charge in [-0.05, 0) is 24.0 Å². The first-order chi connectivity index (χ1) is 10.5. The second-order valence-corrected chi connectivity index (χ2v) is 5.79. The normalized spacial score (nSPS) is 14.6. The van der Waals surface area contributed by atoms with E-state index in [4.69, 9.17) is 5.84 Å². The largest absolute Gasteiger partial charge is 0.352 e. The van der Waals surface area contributed by atoms with E-state index in [1.54, 1.807) is 0 Å². The van der Waals surface area contributed by atoms with Gasteiger partial charge in [0.05, 0.1) is 6.54 Å². The molecule has 0 bridgehead atoms. The summed E-state index contributed by atoms with van der Waals surface area (Å²) in [7, 11) is 0. The molecule has 0 heterocycles. The van der Waals surface area contributed by atoms with Gasteiger partial charge in [-0.15, -0.1) is 0 Å². The Labute approximate surface area is 131 Å². The van der Waals surface area contributed by atoms with Gasteiger partial charge in [-0.25, -0.2) is 10.6 Å². The summed E-state index contributed by atoms with van der Waals surface area (Å²) in [5, 5.41) is 6.91. The molecule has 0 aliphatic heterocycles. The van der Waals surface area contributed by atoms with Crippen LogP contribution in [-0.4, -0.2) is 23.0 Å². The lowest BCUT2D eigenvalue weighted by Crippen LogP contribution is -2.47. The molecule has 4 N–H and O–H groups in total. The number of hydrogen-bond acceptors (Lipinski definition) is 3. The third-order valence-corrected chi connectivity index (χ3v) is 3.86. The number of carbonyl (C=O) groups is 2. The maximum Gasteiger partial charge on any atom is 0.332 e. The Kier molecular flexibility index (Phi) is 5.77. The number of rotatable bonds is 5. The van der Waals surface area contributed by atoms with Crippen LogP contribution < -0.4 is 16.5 Å². The SMILES string of the molecule is CC(=O)NCc1ccc(CN(N)C(=O)NC2CCCC2)cc1. The molecule has 1 saturated carbocycles. The first-order valence-corrected chi connectivity index (χ1v) is 7.69. The average Bonchev–Trinajstić information content (AvgIpc) is 2.99. The summed E-state index contributed by atoms with van der Waals surface area (Å²) in [4.78, 5) is 22.9. The Morgan fingerprint density at radius 1 is 1.18 bits per heavy atom. The summed E-state index contributed by atoms with van der Waals surface area (Å²) in [5.74, 6) is 5.77.